The van der Waals surface area contributed by atoms with Crippen molar-refractivity contribution < 1.29 is 14.4 Å². The molecule has 0 fully saturated rings. The summed E-state index contributed by atoms with van der Waals surface area (Å²) in [6, 6.07) is 7.41. The van der Waals surface area contributed by atoms with Crippen molar-refractivity contribution >= 4 is 23.0 Å². The summed E-state index contributed by atoms with van der Waals surface area (Å²) >= 11 is 0. The van der Waals surface area contributed by atoms with Crippen LogP contribution in [0.4, 0.5) is 5.69 Å². The fourth-order valence-electron chi connectivity index (χ4n) is 1.79. The number of rotatable bonds is 3. The second-order valence-electron chi connectivity index (χ2n) is 4.78. The van der Waals surface area contributed by atoms with E-state index in [4.69, 9.17) is 0 Å². The van der Waals surface area contributed by atoms with E-state index < -0.39 is 17.5 Å². The van der Waals surface area contributed by atoms with Gasteiger partial charge in [-0.1, -0.05) is 17.7 Å². The average Bonchev–Trinajstić information content (AvgIpc) is 2.60. The first-order valence-corrected chi connectivity index (χ1v) is 6.44. The predicted molar refractivity (Wildman–Crippen MR) is 77.1 cm³/mol. The maximum Gasteiger partial charge on any atom is 0.222 e. The fourth-order valence-corrected chi connectivity index (χ4v) is 1.79. The third-order valence-electron chi connectivity index (χ3n) is 3.02. The molecule has 21 heavy (non-hydrogen) atoms. The Kier molecular flexibility index (Phi) is 4.33. The van der Waals surface area contributed by atoms with Crippen LogP contribution in [0.5, 0.6) is 0 Å². The molecule has 0 bridgehead atoms. The maximum absolute atomic E-state index is 11.7. The van der Waals surface area contributed by atoms with Gasteiger partial charge < -0.3 is 0 Å². The zero-order valence-electron chi connectivity index (χ0n) is 11.7. The SMILES string of the molecule is CC(=O)C1C=C(N=Nc2ccc(C)cc2)C=CC(=O)C1=O. The Hall–Kier alpha value is -2.69. The molecule has 5 heteroatoms. The van der Waals surface area contributed by atoms with Crippen molar-refractivity contribution in [2.75, 3.05) is 0 Å². The number of allylic oxidation sites excluding steroid dienone is 3. The Morgan fingerprint density at radius 2 is 1.71 bits per heavy atom. The molecule has 1 unspecified atom stereocenters. The van der Waals surface area contributed by atoms with Gasteiger partial charge in [0.15, 0.2) is 0 Å². The van der Waals surface area contributed by atoms with E-state index in [0.717, 1.165) is 11.6 Å². The van der Waals surface area contributed by atoms with E-state index in [1.54, 1.807) is 12.1 Å². The molecule has 1 atom stereocenters. The van der Waals surface area contributed by atoms with Crippen molar-refractivity contribution in [2.45, 2.75) is 13.8 Å². The minimum absolute atomic E-state index is 0.315. The van der Waals surface area contributed by atoms with Crippen LogP contribution in [0, 0.1) is 12.8 Å². The highest BCUT2D eigenvalue weighted by Crippen LogP contribution is 2.18. The van der Waals surface area contributed by atoms with Crippen molar-refractivity contribution in [1.82, 2.24) is 0 Å². The van der Waals surface area contributed by atoms with Gasteiger partial charge in [0.05, 0.1) is 11.4 Å². The molecule has 0 N–H and O–H groups in total. The number of benzene rings is 1. The van der Waals surface area contributed by atoms with Crippen LogP contribution in [-0.4, -0.2) is 17.3 Å². The lowest BCUT2D eigenvalue weighted by Crippen LogP contribution is -2.25. The average molecular weight is 282 g/mol. The second-order valence-corrected chi connectivity index (χ2v) is 4.78. The van der Waals surface area contributed by atoms with Gasteiger partial charge in [-0.15, -0.1) is 0 Å². The molecule has 1 aromatic carbocycles. The van der Waals surface area contributed by atoms with E-state index in [1.807, 2.05) is 19.1 Å². The van der Waals surface area contributed by atoms with Gasteiger partial charge in [0, 0.05) is 0 Å². The summed E-state index contributed by atoms with van der Waals surface area (Å²) in [5.41, 5.74) is 2.07. The molecule has 5 nitrogen and oxygen atoms in total. The lowest BCUT2D eigenvalue weighted by Gasteiger charge is -2.03. The summed E-state index contributed by atoms with van der Waals surface area (Å²) in [4.78, 5) is 34.6. The van der Waals surface area contributed by atoms with E-state index in [2.05, 4.69) is 10.2 Å². The molecule has 0 aliphatic heterocycles. The molecule has 106 valence electrons. The molecule has 1 aliphatic rings. The molecule has 1 aromatic rings. The number of carbonyl (C=O) groups is 3. The van der Waals surface area contributed by atoms with Crippen LogP contribution in [0.3, 0.4) is 0 Å². The zero-order valence-corrected chi connectivity index (χ0v) is 11.7. The molecule has 0 heterocycles. The van der Waals surface area contributed by atoms with Crippen LogP contribution >= 0.6 is 0 Å². The van der Waals surface area contributed by atoms with Gasteiger partial charge in [-0.05, 0) is 44.2 Å². The molecule has 1 aliphatic carbocycles. The molecule has 0 spiro atoms. The minimum atomic E-state index is -1.08. The van der Waals surface area contributed by atoms with E-state index in [-0.39, 0.29) is 5.78 Å². The van der Waals surface area contributed by atoms with Gasteiger partial charge in [-0.3, -0.25) is 14.4 Å². The Morgan fingerprint density at radius 1 is 1.05 bits per heavy atom. The highest BCUT2D eigenvalue weighted by atomic mass is 16.2. The van der Waals surface area contributed by atoms with Crippen molar-refractivity contribution in [3.05, 3.63) is 53.8 Å². The lowest BCUT2D eigenvalue weighted by atomic mass is 9.97. The summed E-state index contributed by atoms with van der Waals surface area (Å²) in [7, 11) is 0. The Labute approximate surface area is 122 Å². The van der Waals surface area contributed by atoms with Gasteiger partial charge >= 0.3 is 0 Å². The third-order valence-corrected chi connectivity index (χ3v) is 3.02. The third kappa shape index (κ3) is 3.66. The summed E-state index contributed by atoms with van der Waals surface area (Å²) < 4.78 is 0. The smallest absolute Gasteiger partial charge is 0.222 e. The van der Waals surface area contributed by atoms with Gasteiger partial charge in [-0.25, -0.2) is 0 Å². The Morgan fingerprint density at radius 3 is 2.33 bits per heavy atom. The summed E-state index contributed by atoms with van der Waals surface area (Å²) in [5.74, 6) is -2.91. The number of Topliss-reactive ketones (excluding diaryl/α,β-unsaturated/α-hetero) is 2. The fraction of sp³-hybridized carbons (Fsp3) is 0.188. The van der Waals surface area contributed by atoms with Crippen LogP contribution in [0.2, 0.25) is 0 Å². The van der Waals surface area contributed by atoms with Gasteiger partial charge in [0.25, 0.3) is 0 Å². The van der Waals surface area contributed by atoms with Crippen LogP contribution < -0.4 is 0 Å². The Balaban J connectivity index is 2.28. The van der Waals surface area contributed by atoms with Crippen molar-refractivity contribution in [2.24, 2.45) is 16.1 Å². The van der Waals surface area contributed by atoms with Gasteiger partial charge in [-0.2, -0.15) is 10.2 Å². The highest BCUT2D eigenvalue weighted by molar-refractivity contribution is 6.45. The molecule has 0 amide bonds. The Bertz CT molecular complexity index is 682. The molecule has 0 aromatic heterocycles. The normalized spacial score (nSPS) is 18.8. The van der Waals surface area contributed by atoms with Gasteiger partial charge in [0.2, 0.25) is 11.6 Å². The highest BCUT2D eigenvalue weighted by Gasteiger charge is 2.27. The maximum atomic E-state index is 11.7. The van der Waals surface area contributed by atoms with Crippen LogP contribution in [0.1, 0.15) is 12.5 Å². The topological polar surface area (TPSA) is 75.9 Å². The monoisotopic (exact) mass is 282 g/mol. The minimum Gasteiger partial charge on any atom is -0.299 e. The van der Waals surface area contributed by atoms with Gasteiger partial charge in [0.1, 0.15) is 11.7 Å². The van der Waals surface area contributed by atoms with E-state index in [0.29, 0.717) is 11.4 Å². The van der Waals surface area contributed by atoms with Crippen molar-refractivity contribution in [1.29, 1.82) is 0 Å². The molecule has 2 rings (SSSR count). The first kappa shape index (κ1) is 14.7. The standard InChI is InChI=1S/C16H14N2O3/c1-10-3-5-12(6-4-10)17-18-13-7-8-15(20)16(21)14(9-13)11(2)19/h3-9,14H,1-2H3. The predicted octanol–water partition coefficient (Wildman–Crippen LogP) is 2.88. The van der Waals surface area contributed by atoms with Crippen LogP contribution in [0.15, 0.2) is 58.4 Å². The number of carbonyl (C=O) groups excluding carboxylic acids is 3. The lowest BCUT2D eigenvalue weighted by molar-refractivity contribution is -0.138. The summed E-state index contributed by atoms with van der Waals surface area (Å²) in [6.07, 6.45) is 3.87. The number of nitrogens with zero attached hydrogens (tertiary/aromatic N) is 2. The molecule has 0 radical (unpaired) electrons. The van der Waals surface area contributed by atoms with Crippen LogP contribution in [0.25, 0.3) is 0 Å². The number of ketones is 3. The van der Waals surface area contributed by atoms with E-state index in [9.17, 15) is 14.4 Å². The van der Waals surface area contributed by atoms with E-state index in [1.165, 1.54) is 19.1 Å². The quantitative estimate of drug-likeness (QED) is 0.486. The summed E-state index contributed by atoms with van der Waals surface area (Å²) in [5, 5.41) is 8.02. The molecule has 0 saturated carbocycles. The molecule has 0 saturated heterocycles. The molecular weight excluding hydrogens is 268 g/mol. The van der Waals surface area contributed by atoms with Crippen molar-refractivity contribution in [3.63, 3.8) is 0 Å². The van der Waals surface area contributed by atoms with E-state index >= 15 is 0 Å². The number of aryl methyl sites for hydroxylation is 1. The van der Waals surface area contributed by atoms with Crippen LogP contribution in [-0.2, 0) is 14.4 Å². The number of hydrogen-bond acceptors (Lipinski definition) is 5. The first-order chi connectivity index (χ1) is 9.97. The molecular formula is C16H14N2O3. The summed E-state index contributed by atoms with van der Waals surface area (Å²) in [6.45, 7) is 3.23. The number of azo groups is 1. The van der Waals surface area contributed by atoms with Crippen molar-refractivity contribution in [3.8, 4) is 0 Å². The largest absolute Gasteiger partial charge is 0.299 e. The number of hydrogen-bond donors (Lipinski definition) is 0. The first-order valence-electron chi connectivity index (χ1n) is 6.44. The second kappa shape index (κ2) is 6.17. The zero-order chi connectivity index (χ0) is 15.4.